The molecule has 2 aliphatic heterocycles. The van der Waals surface area contributed by atoms with Crippen molar-refractivity contribution in [3.63, 3.8) is 0 Å². The van der Waals surface area contributed by atoms with Crippen LogP contribution >= 0.6 is 0 Å². The van der Waals surface area contributed by atoms with Gasteiger partial charge in [0, 0.05) is 13.1 Å². The van der Waals surface area contributed by atoms with Crippen LogP contribution in [0.4, 0.5) is 9.59 Å². The SMILES string of the molecule is C/C=C\C(C)(C#CC#Cc1cnc([C@@H]2CCCN2C(=O)[C@@H](NC(=O)OC)C(C)C)[nH]1)N=C(N)[C@@H]1CCCN1C(=O)[C@H](NC(=O)OC)c1ccccc1. The summed E-state index contributed by atoms with van der Waals surface area (Å²) in [6.07, 6.45) is 6.68. The van der Waals surface area contributed by atoms with Crippen molar-refractivity contribution in [1.82, 2.24) is 30.4 Å². The summed E-state index contributed by atoms with van der Waals surface area (Å²) in [6, 6.07) is 6.49. The van der Waals surface area contributed by atoms with Crippen LogP contribution in [0.2, 0.25) is 0 Å². The molecule has 2 fully saturated rings. The molecule has 2 saturated heterocycles. The molecule has 1 aromatic carbocycles. The lowest BCUT2D eigenvalue weighted by molar-refractivity contribution is -0.135. The van der Waals surface area contributed by atoms with Gasteiger partial charge < -0.3 is 40.6 Å². The maximum Gasteiger partial charge on any atom is 0.407 e. The van der Waals surface area contributed by atoms with E-state index in [1.807, 2.05) is 32.9 Å². The molecule has 0 aliphatic carbocycles. The topological polar surface area (TPSA) is 184 Å². The van der Waals surface area contributed by atoms with E-state index >= 15 is 0 Å². The second-order valence-electron chi connectivity index (χ2n) is 13.1. The molecule has 4 amide bonds. The number of hydrogen-bond acceptors (Lipinski definition) is 8. The molecular formula is C38H48N8O6. The summed E-state index contributed by atoms with van der Waals surface area (Å²) in [6.45, 7) is 8.38. The highest BCUT2D eigenvalue weighted by atomic mass is 16.5. The Morgan fingerprint density at radius 2 is 1.69 bits per heavy atom. The number of nitrogens with zero attached hydrogens (tertiary/aromatic N) is 4. The highest BCUT2D eigenvalue weighted by Crippen LogP contribution is 2.31. The number of imidazole rings is 1. The molecule has 1 aromatic heterocycles. The molecule has 276 valence electrons. The van der Waals surface area contributed by atoms with Crippen molar-refractivity contribution in [2.45, 2.75) is 83.1 Å². The number of alkyl carbamates (subject to hydrolysis) is 2. The number of amidine groups is 1. The molecule has 52 heavy (non-hydrogen) atoms. The number of allylic oxidation sites excluding steroid dienone is 1. The summed E-state index contributed by atoms with van der Waals surface area (Å²) in [5, 5.41) is 5.30. The van der Waals surface area contributed by atoms with Crippen LogP contribution in [-0.4, -0.2) is 94.5 Å². The number of ether oxygens (including phenoxy) is 2. The van der Waals surface area contributed by atoms with E-state index in [0.717, 1.165) is 12.8 Å². The lowest BCUT2D eigenvalue weighted by atomic mass is 10.0. The number of aliphatic imine (C=N–C) groups is 1. The number of nitrogens with two attached hydrogens (primary N) is 1. The standard InChI is InChI=1S/C38H48N8O6/c1-7-20-38(4,44-32(39)28-18-13-22-45(28)35(48)31(43-37(50)52-6)26-15-9-8-10-16-26)21-12-11-17-27-24-40-33(41-27)29-19-14-23-46(29)34(47)30(25(2)3)42-36(49)51-5/h7-10,15-16,20,24-25,28-31H,13-14,18-19,22-23H2,1-6H3,(H2,39,44)(H,40,41)(H,42,49)(H,43,50)/b20-7-/t28-,29-,30-,31+,38?/m0/s1. The van der Waals surface area contributed by atoms with Gasteiger partial charge in [-0.1, -0.05) is 56.2 Å². The van der Waals surface area contributed by atoms with Crippen LogP contribution in [0, 0.1) is 29.6 Å². The van der Waals surface area contributed by atoms with E-state index in [2.05, 4.69) is 44.3 Å². The first-order valence-corrected chi connectivity index (χ1v) is 17.3. The van der Waals surface area contributed by atoms with E-state index in [9.17, 15) is 19.2 Å². The van der Waals surface area contributed by atoms with Gasteiger partial charge in [-0.15, -0.1) is 0 Å². The average molecular weight is 713 g/mol. The van der Waals surface area contributed by atoms with Gasteiger partial charge in [-0.3, -0.25) is 9.59 Å². The smallest absolute Gasteiger partial charge is 0.407 e. The molecule has 14 heteroatoms. The molecule has 0 saturated carbocycles. The molecule has 14 nitrogen and oxygen atoms in total. The third kappa shape index (κ3) is 9.72. The normalized spacial score (nSPS) is 19.5. The van der Waals surface area contributed by atoms with Crippen molar-refractivity contribution in [3.05, 3.63) is 65.8 Å². The molecule has 1 unspecified atom stereocenters. The Morgan fingerprint density at radius 3 is 2.37 bits per heavy atom. The number of H-pyrrole nitrogens is 1. The van der Waals surface area contributed by atoms with Gasteiger partial charge in [-0.05, 0) is 74.8 Å². The predicted octanol–water partition coefficient (Wildman–Crippen LogP) is 3.59. The van der Waals surface area contributed by atoms with Gasteiger partial charge in [0.1, 0.15) is 35.0 Å². The third-order valence-electron chi connectivity index (χ3n) is 8.97. The second kappa shape index (κ2) is 17.9. The fourth-order valence-electron chi connectivity index (χ4n) is 6.41. The number of amides is 4. The molecular weight excluding hydrogens is 664 g/mol. The van der Waals surface area contributed by atoms with E-state index in [4.69, 9.17) is 20.2 Å². The quantitative estimate of drug-likeness (QED) is 0.125. The highest BCUT2D eigenvalue weighted by molar-refractivity contribution is 5.94. The van der Waals surface area contributed by atoms with Gasteiger partial charge in [0.05, 0.1) is 32.5 Å². The largest absolute Gasteiger partial charge is 0.453 e. The van der Waals surface area contributed by atoms with Crippen LogP contribution in [-0.2, 0) is 19.1 Å². The van der Waals surface area contributed by atoms with Gasteiger partial charge in [-0.2, -0.15) is 0 Å². The first kappa shape index (κ1) is 39.0. The Morgan fingerprint density at radius 1 is 1.02 bits per heavy atom. The molecule has 3 heterocycles. The Balaban J connectivity index is 1.49. The van der Waals surface area contributed by atoms with E-state index in [1.165, 1.54) is 14.2 Å². The van der Waals surface area contributed by atoms with Crippen molar-refractivity contribution < 1.29 is 28.7 Å². The number of nitrogens with one attached hydrogen (secondary N) is 3. The zero-order valence-electron chi connectivity index (χ0n) is 30.6. The van der Waals surface area contributed by atoms with E-state index in [1.54, 1.807) is 53.3 Å². The lowest BCUT2D eigenvalue weighted by Crippen LogP contribution is -2.51. The first-order valence-electron chi connectivity index (χ1n) is 17.3. The number of methoxy groups -OCH3 is 2. The van der Waals surface area contributed by atoms with E-state index in [0.29, 0.717) is 43.0 Å². The Bertz CT molecular complexity index is 1780. The summed E-state index contributed by atoms with van der Waals surface area (Å²) < 4.78 is 9.50. The fourth-order valence-corrected chi connectivity index (χ4v) is 6.41. The highest BCUT2D eigenvalue weighted by Gasteiger charge is 2.39. The molecule has 0 bridgehead atoms. The molecule has 4 rings (SSSR count). The summed E-state index contributed by atoms with van der Waals surface area (Å²) in [5.74, 6) is 12.0. The Kier molecular flexibility index (Phi) is 13.5. The zero-order valence-corrected chi connectivity index (χ0v) is 30.6. The average Bonchev–Trinajstić information content (AvgIpc) is 3.92. The fraction of sp³-hybridized carbons (Fsp3) is 0.474. The van der Waals surface area contributed by atoms with Crippen LogP contribution in [0.5, 0.6) is 0 Å². The van der Waals surface area contributed by atoms with Gasteiger partial charge in [-0.25, -0.2) is 19.6 Å². The summed E-state index contributed by atoms with van der Waals surface area (Å²) in [5.41, 5.74) is 6.69. The minimum Gasteiger partial charge on any atom is -0.453 e. The summed E-state index contributed by atoms with van der Waals surface area (Å²) in [7, 11) is 2.51. The van der Waals surface area contributed by atoms with E-state index < -0.39 is 35.9 Å². The molecule has 5 atom stereocenters. The van der Waals surface area contributed by atoms with Crippen molar-refractivity contribution in [2.75, 3.05) is 27.3 Å². The monoisotopic (exact) mass is 712 g/mol. The number of benzene rings is 1. The minimum atomic E-state index is -1.04. The maximum absolute atomic E-state index is 13.8. The molecule has 0 spiro atoms. The minimum absolute atomic E-state index is 0.140. The van der Waals surface area contributed by atoms with E-state index in [-0.39, 0.29) is 29.6 Å². The Hall–Kier alpha value is -5.76. The van der Waals surface area contributed by atoms with Gasteiger partial charge in [0.25, 0.3) is 5.91 Å². The van der Waals surface area contributed by atoms with Gasteiger partial charge >= 0.3 is 12.2 Å². The first-order chi connectivity index (χ1) is 24.9. The van der Waals surface area contributed by atoms with Crippen LogP contribution in [0.3, 0.4) is 0 Å². The number of aromatic nitrogens is 2. The predicted molar refractivity (Wildman–Crippen MR) is 195 cm³/mol. The van der Waals surface area contributed by atoms with Crippen LogP contribution in [0.1, 0.15) is 82.5 Å². The summed E-state index contributed by atoms with van der Waals surface area (Å²) in [4.78, 5) is 67.2. The molecule has 0 radical (unpaired) electrons. The molecule has 5 N–H and O–H groups in total. The van der Waals surface area contributed by atoms with Crippen LogP contribution in [0.15, 0.2) is 53.7 Å². The number of carbonyl (C=O) groups is 4. The maximum atomic E-state index is 13.8. The summed E-state index contributed by atoms with van der Waals surface area (Å²) >= 11 is 0. The number of carbonyl (C=O) groups excluding carboxylic acids is 4. The lowest BCUT2D eigenvalue weighted by Gasteiger charge is -2.30. The van der Waals surface area contributed by atoms with Crippen LogP contribution < -0.4 is 16.4 Å². The number of likely N-dealkylation sites (tertiary alicyclic amines) is 2. The molecule has 2 aromatic rings. The number of aromatic amines is 1. The number of rotatable bonds is 10. The van der Waals surface area contributed by atoms with Gasteiger partial charge in [0.15, 0.2) is 0 Å². The van der Waals surface area contributed by atoms with Gasteiger partial charge in [0.2, 0.25) is 5.91 Å². The number of hydrogen-bond donors (Lipinski definition) is 4. The van der Waals surface area contributed by atoms with Crippen molar-refractivity contribution in [1.29, 1.82) is 0 Å². The van der Waals surface area contributed by atoms with Crippen molar-refractivity contribution >= 4 is 29.8 Å². The van der Waals surface area contributed by atoms with Crippen LogP contribution in [0.25, 0.3) is 0 Å². The van der Waals surface area contributed by atoms with Crippen molar-refractivity contribution in [2.24, 2.45) is 16.6 Å². The van der Waals surface area contributed by atoms with Crippen molar-refractivity contribution in [3.8, 4) is 23.7 Å². The molecule has 2 aliphatic rings. The third-order valence-corrected chi connectivity index (χ3v) is 8.97. The zero-order chi connectivity index (χ0) is 37.8. The second-order valence-corrected chi connectivity index (χ2v) is 13.1. The Labute approximate surface area is 305 Å².